The van der Waals surface area contributed by atoms with E-state index in [0.717, 1.165) is 28.4 Å². The number of aryl methyl sites for hydroxylation is 1. The molecule has 2 aromatic carbocycles. The average Bonchev–Trinajstić information content (AvgIpc) is 3.26. The predicted molar refractivity (Wildman–Crippen MR) is 125 cm³/mol. The zero-order valence-corrected chi connectivity index (χ0v) is 19.2. The third-order valence-corrected chi connectivity index (χ3v) is 6.52. The Labute approximate surface area is 194 Å². The minimum atomic E-state index is -0.550. The second-order valence-corrected chi connectivity index (χ2v) is 9.05. The summed E-state index contributed by atoms with van der Waals surface area (Å²) in [6.07, 6.45) is 1.41. The molecule has 2 aliphatic heterocycles. The highest BCUT2D eigenvalue weighted by Crippen LogP contribution is 2.46. The van der Waals surface area contributed by atoms with Crippen molar-refractivity contribution >= 4 is 5.91 Å². The first-order chi connectivity index (χ1) is 15.9. The zero-order valence-electron chi connectivity index (χ0n) is 19.2. The van der Waals surface area contributed by atoms with Crippen molar-refractivity contribution in [1.82, 2.24) is 9.47 Å². The van der Waals surface area contributed by atoms with Crippen LogP contribution in [0.1, 0.15) is 54.0 Å². The highest BCUT2D eigenvalue weighted by Gasteiger charge is 2.45. The Kier molecular flexibility index (Phi) is 5.13. The summed E-state index contributed by atoms with van der Waals surface area (Å²) >= 11 is 0. The number of hydrogen-bond acceptors (Lipinski definition) is 4. The van der Waals surface area contributed by atoms with Crippen LogP contribution in [0.4, 0.5) is 0 Å². The molecule has 2 aliphatic rings. The molecule has 6 heteroatoms. The Balaban J connectivity index is 1.38. The molecule has 3 heterocycles. The van der Waals surface area contributed by atoms with Gasteiger partial charge >= 0.3 is 0 Å². The molecule has 0 saturated carbocycles. The van der Waals surface area contributed by atoms with Crippen LogP contribution in [0, 0.1) is 18.3 Å². The fourth-order valence-electron chi connectivity index (χ4n) is 4.91. The first-order valence-corrected chi connectivity index (χ1v) is 11.4. The lowest BCUT2D eigenvalue weighted by molar-refractivity contribution is -0.00937. The predicted octanol–water partition coefficient (Wildman–Crippen LogP) is 4.97. The monoisotopic (exact) mass is 441 g/mol. The largest absolute Gasteiger partial charge is 0.491 e. The third-order valence-electron chi connectivity index (χ3n) is 6.52. The second-order valence-electron chi connectivity index (χ2n) is 9.05. The van der Waals surface area contributed by atoms with E-state index >= 15 is 0 Å². The van der Waals surface area contributed by atoms with Gasteiger partial charge in [-0.15, -0.1) is 0 Å². The van der Waals surface area contributed by atoms with Gasteiger partial charge in [-0.05, 0) is 68.8 Å². The van der Waals surface area contributed by atoms with Gasteiger partial charge in [0.05, 0.1) is 17.5 Å². The molecule has 5 rings (SSSR count). The molecule has 1 amide bonds. The molecule has 0 bridgehead atoms. The molecule has 1 spiro atoms. The number of likely N-dealkylation sites (tertiary alicyclic amines) is 1. The molecule has 0 aliphatic carbocycles. The van der Waals surface area contributed by atoms with Crippen LogP contribution in [0.15, 0.2) is 54.6 Å². The summed E-state index contributed by atoms with van der Waals surface area (Å²) in [4.78, 5) is 15.1. The highest BCUT2D eigenvalue weighted by atomic mass is 16.5. The Bertz CT molecular complexity index is 1260. The first-order valence-electron chi connectivity index (χ1n) is 11.4. The molecule has 168 valence electrons. The summed E-state index contributed by atoms with van der Waals surface area (Å²) in [5.41, 5.74) is 3.54. The van der Waals surface area contributed by atoms with E-state index in [9.17, 15) is 10.1 Å². The van der Waals surface area contributed by atoms with Crippen LogP contribution >= 0.6 is 0 Å². The number of amides is 1. The third kappa shape index (κ3) is 3.54. The van der Waals surface area contributed by atoms with Crippen molar-refractivity contribution < 1.29 is 14.3 Å². The lowest BCUT2D eigenvalue weighted by Gasteiger charge is -2.45. The molecule has 0 N–H and O–H groups in total. The number of piperidine rings is 1. The van der Waals surface area contributed by atoms with Crippen molar-refractivity contribution in [1.29, 1.82) is 5.26 Å². The number of carbonyl (C=O) groups excluding carboxylic acids is 1. The molecule has 1 aromatic heterocycles. The smallest absolute Gasteiger partial charge is 0.253 e. The minimum absolute atomic E-state index is 0.0216. The van der Waals surface area contributed by atoms with Crippen molar-refractivity contribution in [2.45, 2.75) is 45.3 Å². The van der Waals surface area contributed by atoms with Gasteiger partial charge in [-0.2, -0.15) is 5.26 Å². The second kappa shape index (κ2) is 8.00. The normalized spacial score (nSPS) is 16.0. The highest BCUT2D eigenvalue weighted by molar-refractivity contribution is 5.94. The van der Waals surface area contributed by atoms with Crippen molar-refractivity contribution in [2.75, 3.05) is 13.1 Å². The average molecular weight is 442 g/mol. The van der Waals surface area contributed by atoms with E-state index in [1.54, 1.807) is 0 Å². The molecule has 0 radical (unpaired) electrons. The number of rotatable bonds is 3. The fraction of sp³-hybridized carbons (Fsp3) is 0.333. The summed E-state index contributed by atoms with van der Waals surface area (Å²) in [6, 6.07) is 19.6. The van der Waals surface area contributed by atoms with E-state index < -0.39 is 5.60 Å². The number of para-hydroxylation sites is 2. The number of benzene rings is 2. The Morgan fingerprint density at radius 2 is 1.88 bits per heavy atom. The summed E-state index contributed by atoms with van der Waals surface area (Å²) < 4.78 is 14.4. The molecule has 33 heavy (non-hydrogen) atoms. The summed E-state index contributed by atoms with van der Waals surface area (Å²) in [6.45, 7) is 7.11. The van der Waals surface area contributed by atoms with Gasteiger partial charge < -0.3 is 14.4 Å². The van der Waals surface area contributed by atoms with E-state index in [-0.39, 0.29) is 12.0 Å². The summed E-state index contributed by atoms with van der Waals surface area (Å²) in [5.74, 6) is 1.60. The van der Waals surface area contributed by atoms with Crippen LogP contribution in [0.5, 0.6) is 11.5 Å². The van der Waals surface area contributed by atoms with E-state index in [4.69, 9.17) is 9.47 Å². The van der Waals surface area contributed by atoms with E-state index in [0.29, 0.717) is 37.2 Å². The lowest BCUT2D eigenvalue weighted by Crippen LogP contribution is -2.50. The number of carbonyl (C=O) groups is 1. The van der Waals surface area contributed by atoms with Crippen LogP contribution in [0.2, 0.25) is 0 Å². The zero-order chi connectivity index (χ0) is 23.2. The number of nitrogens with zero attached hydrogens (tertiary/aromatic N) is 3. The topological polar surface area (TPSA) is 67.5 Å². The summed E-state index contributed by atoms with van der Waals surface area (Å²) in [7, 11) is 0. The lowest BCUT2D eigenvalue weighted by atomic mass is 9.86. The van der Waals surface area contributed by atoms with Gasteiger partial charge in [0.2, 0.25) is 0 Å². The van der Waals surface area contributed by atoms with Crippen molar-refractivity contribution in [2.24, 2.45) is 0 Å². The first kappa shape index (κ1) is 21.1. The van der Waals surface area contributed by atoms with Crippen LogP contribution in [0.25, 0.3) is 5.69 Å². The minimum Gasteiger partial charge on any atom is -0.491 e. The number of nitriles is 1. The van der Waals surface area contributed by atoms with Gasteiger partial charge in [0.15, 0.2) is 5.60 Å². The molecular weight excluding hydrogens is 414 g/mol. The van der Waals surface area contributed by atoms with Gasteiger partial charge in [0.25, 0.3) is 5.91 Å². The summed E-state index contributed by atoms with van der Waals surface area (Å²) in [5, 5.41) is 9.65. The number of ether oxygens (including phenoxy) is 2. The van der Waals surface area contributed by atoms with Crippen molar-refractivity contribution in [3.63, 3.8) is 0 Å². The van der Waals surface area contributed by atoms with Gasteiger partial charge in [-0.3, -0.25) is 9.36 Å². The van der Waals surface area contributed by atoms with Gasteiger partial charge in [0.1, 0.15) is 23.3 Å². The SMILES string of the molecule is Cc1cc(C(=O)N2CCC3(CC2)Oc2ccccc2-n2c(C#N)ccc23)ccc1OC(C)C. The van der Waals surface area contributed by atoms with Crippen LogP contribution in [-0.2, 0) is 5.60 Å². The Morgan fingerprint density at radius 3 is 2.58 bits per heavy atom. The quantitative estimate of drug-likeness (QED) is 0.576. The van der Waals surface area contributed by atoms with Crippen molar-refractivity contribution in [3.8, 4) is 23.3 Å². The van der Waals surface area contributed by atoms with E-state index in [1.807, 2.05) is 84.8 Å². The van der Waals surface area contributed by atoms with Crippen LogP contribution in [-0.4, -0.2) is 34.6 Å². The van der Waals surface area contributed by atoms with Crippen LogP contribution in [0.3, 0.4) is 0 Å². The van der Waals surface area contributed by atoms with Gasteiger partial charge in [0, 0.05) is 31.5 Å². The van der Waals surface area contributed by atoms with Gasteiger partial charge in [-0.25, -0.2) is 0 Å². The molecule has 1 saturated heterocycles. The van der Waals surface area contributed by atoms with E-state index in [1.165, 1.54) is 0 Å². The molecule has 0 atom stereocenters. The Morgan fingerprint density at radius 1 is 1.12 bits per heavy atom. The van der Waals surface area contributed by atoms with Crippen LogP contribution < -0.4 is 9.47 Å². The molecular formula is C27H27N3O3. The van der Waals surface area contributed by atoms with Gasteiger partial charge in [-0.1, -0.05) is 12.1 Å². The standard InChI is InChI=1S/C27H27N3O3/c1-18(2)32-23-10-8-20(16-19(23)3)26(31)29-14-12-27(13-15-29)25-11-9-21(17-28)30(25)22-6-4-5-7-24(22)33-27/h4-11,16,18H,12-15H2,1-3H3. The molecule has 3 aromatic rings. The number of hydrogen-bond donors (Lipinski definition) is 0. The van der Waals surface area contributed by atoms with Crippen molar-refractivity contribution in [3.05, 3.63) is 77.1 Å². The Hall–Kier alpha value is -3.72. The molecule has 6 nitrogen and oxygen atoms in total. The fourth-order valence-corrected chi connectivity index (χ4v) is 4.91. The maximum Gasteiger partial charge on any atom is 0.253 e. The number of aromatic nitrogens is 1. The molecule has 1 fully saturated rings. The van der Waals surface area contributed by atoms with E-state index in [2.05, 4.69) is 6.07 Å². The maximum atomic E-state index is 13.2. The molecule has 0 unspecified atom stereocenters. The maximum absolute atomic E-state index is 13.2. The number of fused-ring (bicyclic) bond motifs is 4.